The number of aromatic nitrogens is 3. The Morgan fingerprint density at radius 3 is 2.62 bits per heavy atom. The van der Waals surface area contributed by atoms with Gasteiger partial charge in [0.05, 0.1) is 6.20 Å². The van der Waals surface area contributed by atoms with Gasteiger partial charge in [0.25, 0.3) is 0 Å². The lowest BCUT2D eigenvalue weighted by molar-refractivity contribution is 0.311. The number of piperazine rings is 1. The first-order valence-corrected chi connectivity index (χ1v) is 7.18. The van der Waals surface area contributed by atoms with Gasteiger partial charge in [-0.1, -0.05) is 18.2 Å². The summed E-state index contributed by atoms with van der Waals surface area (Å²) in [7, 11) is 2.13. The van der Waals surface area contributed by atoms with Crippen LogP contribution < -0.4 is 10.2 Å². The van der Waals surface area contributed by atoms with Gasteiger partial charge in [0.2, 0.25) is 5.95 Å². The minimum atomic E-state index is 0.696. The first kappa shape index (κ1) is 13.8. The van der Waals surface area contributed by atoms with Gasteiger partial charge in [-0.2, -0.15) is 10.1 Å². The summed E-state index contributed by atoms with van der Waals surface area (Å²) in [5.74, 6) is 1.43. The molecule has 0 amide bonds. The van der Waals surface area contributed by atoms with E-state index >= 15 is 0 Å². The molecule has 1 fully saturated rings. The van der Waals surface area contributed by atoms with Gasteiger partial charge >= 0.3 is 0 Å². The lowest BCUT2D eigenvalue weighted by Gasteiger charge is -2.32. The summed E-state index contributed by atoms with van der Waals surface area (Å²) in [4.78, 5) is 9.06. The molecule has 21 heavy (non-hydrogen) atoms. The Morgan fingerprint density at radius 1 is 1.10 bits per heavy atom. The van der Waals surface area contributed by atoms with Crippen molar-refractivity contribution in [2.75, 3.05) is 43.4 Å². The van der Waals surface area contributed by atoms with E-state index in [2.05, 4.69) is 50.3 Å². The SMILES string of the molecule is Cc1ccccc1Nc1cnnc(N2CCN(C)CC2)n1. The fourth-order valence-corrected chi connectivity index (χ4v) is 2.35. The zero-order chi connectivity index (χ0) is 14.7. The molecule has 1 aromatic heterocycles. The number of hydrogen-bond acceptors (Lipinski definition) is 6. The van der Waals surface area contributed by atoms with E-state index < -0.39 is 0 Å². The zero-order valence-electron chi connectivity index (χ0n) is 12.5. The van der Waals surface area contributed by atoms with Gasteiger partial charge in [0.1, 0.15) is 0 Å². The second-order valence-corrected chi connectivity index (χ2v) is 5.37. The summed E-state index contributed by atoms with van der Waals surface area (Å²) in [5.41, 5.74) is 2.22. The van der Waals surface area contributed by atoms with Crippen LogP contribution in [0, 0.1) is 6.92 Å². The Balaban J connectivity index is 1.76. The van der Waals surface area contributed by atoms with Crippen molar-refractivity contribution in [3.63, 3.8) is 0 Å². The fraction of sp³-hybridized carbons (Fsp3) is 0.400. The highest BCUT2D eigenvalue weighted by Gasteiger charge is 2.17. The quantitative estimate of drug-likeness (QED) is 0.925. The van der Waals surface area contributed by atoms with E-state index in [1.54, 1.807) is 6.20 Å². The number of para-hydroxylation sites is 1. The largest absolute Gasteiger partial charge is 0.339 e. The molecule has 6 nitrogen and oxygen atoms in total. The molecule has 3 rings (SSSR count). The van der Waals surface area contributed by atoms with E-state index in [4.69, 9.17) is 0 Å². The molecule has 0 radical (unpaired) electrons. The molecule has 0 saturated carbocycles. The number of aryl methyl sites for hydroxylation is 1. The third-order valence-electron chi connectivity index (χ3n) is 3.74. The van der Waals surface area contributed by atoms with Gasteiger partial charge < -0.3 is 15.1 Å². The maximum Gasteiger partial charge on any atom is 0.247 e. The van der Waals surface area contributed by atoms with Crippen LogP contribution in [0.1, 0.15) is 5.56 Å². The summed E-state index contributed by atoms with van der Waals surface area (Å²) in [5, 5.41) is 11.5. The lowest BCUT2D eigenvalue weighted by Crippen LogP contribution is -2.45. The van der Waals surface area contributed by atoms with Crippen molar-refractivity contribution in [2.24, 2.45) is 0 Å². The Hall–Kier alpha value is -2.21. The van der Waals surface area contributed by atoms with Gasteiger partial charge in [-0.05, 0) is 25.6 Å². The average molecular weight is 284 g/mol. The molecule has 1 saturated heterocycles. The molecule has 0 unspecified atom stereocenters. The van der Waals surface area contributed by atoms with Gasteiger partial charge in [0.15, 0.2) is 5.82 Å². The fourth-order valence-electron chi connectivity index (χ4n) is 2.35. The molecule has 1 aliphatic heterocycles. The van der Waals surface area contributed by atoms with Crippen molar-refractivity contribution < 1.29 is 0 Å². The van der Waals surface area contributed by atoms with E-state index in [9.17, 15) is 0 Å². The molecule has 2 heterocycles. The maximum absolute atomic E-state index is 4.58. The van der Waals surface area contributed by atoms with Gasteiger partial charge in [-0.15, -0.1) is 5.10 Å². The van der Waals surface area contributed by atoms with Crippen LogP contribution in [0.25, 0.3) is 0 Å². The van der Waals surface area contributed by atoms with Crippen LogP contribution in [0.4, 0.5) is 17.5 Å². The van der Waals surface area contributed by atoms with Gasteiger partial charge in [0, 0.05) is 31.9 Å². The monoisotopic (exact) mass is 284 g/mol. The standard InChI is InChI=1S/C15H20N6/c1-12-5-3-4-6-13(12)17-14-11-16-19-15(18-14)21-9-7-20(2)8-10-21/h3-6,11H,7-10H2,1-2H3,(H,17,18,19). The Kier molecular flexibility index (Phi) is 3.96. The second kappa shape index (κ2) is 6.05. The maximum atomic E-state index is 4.58. The molecule has 0 atom stereocenters. The number of benzene rings is 1. The van der Waals surface area contributed by atoms with Crippen LogP contribution >= 0.6 is 0 Å². The third-order valence-corrected chi connectivity index (χ3v) is 3.74. The average Bonchev–Trinajstić information content (AvgIpc) is 2.51. The van der Waals surface area contributed by atoms with E-state index in [0.29, 0.717) is 5.95 Å². The topological polar surface area (TPSA) is 57.2 Å². The summed E-state index contributed by atoms with van der Waals surface area (Å²) in [6, 6.07) is 8.13. The van der Waals surface area contributed by atoms with Crippen LogP contribution in [-0.2, 0) is 0 Å². The van der Waals surface area contributed by atoms with Crippen molar-refractivity contribution in [3.05, 3.63) is 36.0 Å². The van der Waals surface area contributed by atoms with Crippen LogP contribution in [-0.4, -0.2) is 53.3 Å². The lowest BCUT2D eigenvalue weighted by atomic mass is 10.2. The highest BCUT2D eigenvalue weighted by Crippen LogP contribution is 2.19. The van der Waals surface area contributed by atoms with E-state index in [-0.39, 0.29) is 0 Å². The minimum absolute atomic E-state index is 0.696. The van der Waals surface area contributed by atoms with Crippen LogP contribution in [0.3, 0.4) is 0 Å². The Bertz CT molecular complexity index is 607. The molecular weight excluding hydrogens is 264 g/mol. The normalized spacial score (nSPS) is 16.0. The molecule has 1 aromatic carbocycles. The highest BCUT2D eigenvalue weighted by atomic mass is 15.4. The smallest absolute Gasteiger partial charge is 0.247 e. The predicted octanol–water partition coefficient (Wildman–Crippen LogP) is 1.68. The van der Waals surface area contributed by atoms with Crippen molar-refractivity contribution in [3.8, 4) is 0 Å². The van der Waals surface area contributed by atoms with E-state index in [1.807, 2.05) is 18.2 Å². The molecular formula is C15H20N6. The second-order valence-electron chi connectivity index (χ2n) is 5.37. The summed E-state index contributed by atoms with van der Waals surface area (Å²) < 4.78 is 0. The van der Waals surface area contributed by atoms with Crippen molar-refractivity contribution in [2.45, 2.75) is 6.92 Å². The predicted molar refractivity (Wildman–Crippen MR) is 84.0 cm³/mol. The van der Waals surface area contributed by atoms with Gasteiger partial charge in [-0.3, -0.25) is 0 Å². The van der Waals surface area contributed by atoms with Gasteiger partial charge in [-0.25, -0.2) is 0 Å². The zero-order valence-corrected chi connectivity index (χ0v) is 12.5. The number of anilines is 3. The van der Waals surface area contributed by atoms with Crippen LogP contribution in [0.15, 0.2) is 30.5 Å². The molecule has 0 bridgehead atoms. The third kappa shape index (κ3) is 3.28. The summed E-state index contributed by atoms with van der Waals surface area (Å²) >= 11 is 0. The number of likely N-dealkylation sites (N-methyl/N-ethyl adjacent to an activating group) is 1. The molecule has 110 valence electrons. The van der Waals surface area contributed by atoms with Crippen molar-refractivity contribution in [1.82, 2.24) is 20.1 Å². The molecule has 1 aliphatic rings. The van der Waals surface area contributed by atoms with Crippen LogP contribution in [0.2, 0.25) is 0 Å². The first-order chi connectivity index (χ1) is 10.2. The molecule has 6 heteroatoms. The molecule has 2 aromatic rings. The number of nitrogens with one attached hydrogen (secondary N) is 1. The summed E-state index contributed by atoms with van der Waals surface area (Å²) in [6.45, 7) is 5.99. The van der Waals surface area contributed by atoms with Crippen molar-refractivity contribution >= 4 is 17.5 Å². The summed E-state index contributed by atoms with van der Waals surface area (Å²) in [6.07, 6.45) is 1.66. The highest BCUT2D eigenvalue weighted by molar-refractivity contribution is 5.60. The van der Waals surface area contributed by atoms with Crippen LogP contribution in [0.5, 0.6) is 0 Å². The number of hydrogen-bond donors (Lipinski definition) is 1. The number of nitrogens with zero attached hydrogens (tertiary/aromatic N) is 5. The Labute approximate surface area is 124 Å². The first-order valence-electron chi connectivity index (χ1n) is 7.18. The van der Waals surface area contributed by atoms with Crippen molar-refractivity contribution in [1.29, 1.82) is 0 Å². The van der Waals surface area contributed by atoms with E-state index in [0.717, 1.165) is 37.7 Å². The van der Waals surface area contributed by atoms with E-state index in [1.165, 1.54) is 5.56 Å². The number of rotatable bonds is 3. The Morgan fingerprint density at radius 2 is 1.86 bits per heavy atom. The molecule has 0 spiro atoms. The minimum Gasteiger partial charge on any atom is -0.339 e. The molecule has 0 aliphatic carbocycles. The molecule has 1 N–H and O–H groups in total.